The maximum absolute atomic E-state index is 11.1. The van der Waals surface area contributed by atoms with Gasteiger partial charge in [-0.15, -0.1) is 0 Å². The smallest absolute Gasteiger partial charge is 0.306 e. The van der Waals surface area contributed by atoms with Gasteiger partial charge in [0.2, 0.25) is 0 Å². The van der Waals surface area contributed by atoms with Gasteiger partial charge in [-0.3, -0.25) is 4.79 Å². The maximum Gasteiger partial charge on any atom is 0.306 e. The summed E-state index contributed by atoms with van der Waals surface area (Å²) < 4.78 is 5.88. The van der Waals surface area contributed by atoms with E-state index in [1.54, 1.807) is 0 Å². The van der Waals surface area contributed by atoms with Crippen LogP contribution < -0.4 is 4.74 Å². The average Bonchev–Trinajstić information content (AvgIpc) is 3.21. The molecular weight excluding hydrogens is 300 g/mol. The van der Waals surface area contributed by atoms with E-state index in [-0.39, 0.29) is 11.8 Å². The van der Waals surface area contributed by atoms with Crippen LogP contribution in [-0.2, 0) is 11.2 Å². The Bertz CT molecular complexity index is 554. The minimum atomic E-state index is -0.671. The van der Waals surface area contributed by atoms with Crippen molar-refractivity contribution in [2.75, 3.05) is 6.61 Å². The van der Waals surface area contributed by atoms with Gasteiger partial charge in [0, 0.05) is 5.02 Å². The van der Waals surface area contributed by atoms with E-state index in [2.05, 4.69) is 20.8 Å². The Morgan fingerprint density at radius 3 is 2.59 bits per heavy atom. The van der Waals surface area contributed by atoms with E-state index in [1.165, 1.54) is 0 Å². The predicted molar refractivity (Wildman–Crippen MR) is 88.8 cm³/mol. The van der Waals surface area contributed by atoms with Crippen LogP contribution in [0, 0.1) is 17.8 Å². The second-order valence-electron chi connectivity index (χ2n) is 6.60. The van der Waals surface area contributed by atoms with Crippen LogP contribution in [0.25, 0.3) is 0 Å². The molecule has 1 aliphatic rings. The second kappa shape index (κ2) is 6.91. The lowest BCUT2D eigenvalue weighted by atomic mass is 9.91. The van der Waals surface area contributed by atoms with Gasteiger partial charge in [0.1, 0.15) is 5.75 Å². The molecule has 0 radical (unpaired) electrons. The van der Waals surface area contributed by atoms with Gasteiger partial charge in [-0.1, -0.05) is 32.4 Å². The highest BCUT2D eigenvalue weighted by Gasteiger charge is 2.46. The molecule has 0 saturated heterocycles. The minimum Gasteiger partial charge on any atom is -0.493 e. The number of carboxylic acid groups (broad SMARTS) is 1. The van der Waals surface area contributed by atoms with Crippen LogP contribution in [0.5, 0.6) is 5.75 Å². The molecule has 4 heteroatoms. The largest absolute Gasteiger partial charge is 0.493 e. The topological polar surface area (TPSA) is 46.5 Å². The summed E-state index contributed by atoms with van der Waals surface area (Å²) in [5.74, 6) is 1.01. The molecule has 0 bridgehead atoms. The summed E-state index contributed by atoms with van der Waals surface area (Å²) in [6, 6.07) is 3.94. The van der Waals surface area contributed by atoms with Gasteiger partial charge in [-0.05, 0) is 60.8 Å². The summed E-state index contributed by atoms with van der Waals surface area (Å²) in [5, 5.41) is 9.81. The Balaban J connectivity index is 2.24. The van der Waals surface area contributed by atoms with E-state index < -0.39 is 5.97 Å². The fourth-order valence-corrected chi connectivity index (χ4v) is 3.45. The number of hydrogen-bond donors (Lipinski definition) is 1. The van der Waals surface area contributed by atoms with E-state index in [4.69, 9.17) is 21.4 Å². The van der Waals surface area contributed by atoms with E-state index >= 15 is 0 Å². The normalized spacial score (nSPS) is 21.7. The summed E-state index contributed by atoms with van der Waals surface area (Å²) in [6.07, 6.45) is 1.60. The number of hydrogen-bond acceptors (Lipinski definition) is 2. The quantitative estimate of drug-likeness (QED) is 0.786. The van der Waals surface area contributed by atoms with Crippen LogP contribution in [0.15, 0.2) is 12.1 Å². The summed E-state index contributed by atoms with van der Waals surface area (Å²) in [7, 11) is 0. The van der Waals surface area contributed by atoms with Crippen LogP contribution in [0.1, 0.15) is 51.2 Å². The zero-order chi connectivity index (χ0) is 16.4. The van der Waals surface area contributed by atoms with Crippen LogP contribution in [-0.4, -0.2) is 17.7 Å². The highest BCUT2D eigenvalue weighted by Crippen LogP contribution is 2.46. The fourth-order valence-electron chi connectivity index (χ4n) is 3.20. The standard InChI is InChI=1S/C18H25ClO3/c1-5-22-17-12(7-13(19)8-14(17)10(2)3)6-11(4)15-9-16(15)18(20)21/h7-8,10-11,15-16H,5-6,9H2,1-4H3,(H,20,21). The molecule has 3 nitrogen and oxygen atoms in total. The average molecular weight is 325 g/mol. The molecule has 0 aliphatic heterocycles. The summed E-state index contributed by atoms with van der Waals surface area (Å²) >= 11 is 6.27. The van der Waals surface area contributed by atoms with Crippen molar-refractivity contribution in [3.8, 4) is 5.75 Å². The van der Waals surface area contributed by atoms with Gasteiger partial charge in [0.15, 0.2) is 0 Å². The molecule has 22 heavy (non-hydrogen) atoms. The van der Waals surface area contributed by atoms with Gasteiger partial charge in [0.25, 0.3) is 0 Å². The first-order valence-electron chi connectivity index (χ1n) is 8.03. The molecule has 0 spiro atoms. The lowest BCUT2D eigenvalue weighted by Crippen LogP contribution is -2.10. The second-order valence-corrected chi connectivity index (χ2v) is 7.03. The van der Waals surface area contributed by atoms with Crippen LogP contribution >= 0.6 is 11.6 Å². The molecule has 2 rings (SSSR count). The molecular formula is C18H25ClO3. The van der Waals surface area contributed by atoms with Gasteiger partial charge in [-0.2, -0.15) is 0 Å². The third kappa shape index (κ3) is 3.75. The van der Waals surface area contributed by atoms with Crippen LogP contribution in [0.4, 0.5) is 0 Å². The van der Waals surface area contributed by atoms with Crippen LogP contribution in [0.2, 0.25) is 5.02 Å². The van der Waals surface area contributed by atoms with Gasteiger partial charge in [-0.25, -0.2) is 0 Å². The SMILES string of the molecule is CCOc1c(CC(C)C2CC2C(=O)O)cc(Cl)cc1C(C)C. The fraction of sp³-hybridized carbons (Fsp3) is 0.611. The van der Waals surface area contributed by atoms with Gasteiger partial charge in [0.05, 0.1) is 12.5 Å². The molecule has 1 fully saturated rings. The lowest BCUT2D eigenvalue weighted by Gasteiger charge is -2.20. The first-order valence-corrected chi connectivity index (χ1v) is 8.40. The molecule has 122 valence electrons. The molecule has 3 atom stereocenters. The number of ether oxygens (including phenoxy) is 1. The van der Waals surface area contributed by atoms with E-state index in [1.807, 2.05) is 19.1 Å². The maximum atomic E-state index is 11.1. The number of carbonyl (C=O) groups is 1. The Labute approximate surface area is 137 Å². The van der Waals surface area contributed by atoms with Gasteiger partial charge >= 0.3 is 5.97 Å². The van der Waals surface area contributed by atoms with Crippen molar-refractivity contribution in [3.63, 3.8) is 0 Å². The van der Waals surface area contributed by atoms with E-state index in [0.717, 1.165) is 34.7 Å². The molecule has 0 amide bonds. The predicted octanol–water partition coefficient (Wildman–Crippen LogP) is 4.76. The number of benzene rings is 1. The van der Waals surface area contributed by atoms with Crippen molar-refractivity contribution in [3.05, 3.63) is 28.3 Å². The molecule has 1 aromatic carbocycles. The Hall–Kier alpha value is -1.22. The molecule has 1 aliphatic carbocycles. The first kappa shape index (κ1) is 17.1. The Morgan fingerprint density at radius 2 is 2.09 bits per heavy atom. The number of aliphatic carboxylic acids is 1. The number of carboxylic acids is 1. The molecule has 1 N–H and O–H groups in total. The van der Waals surface area contributed by atoms with Crippen LogP contribution in [0.3, 0.4) is 0 Å². The molecule has 0 aromatic heterocycles. The summed E-state index contributed by atoms with van der Waals surface area (Å²) in [6.45, 7) is 8.97. The van der Waals surface area contributed by atoms with E-state index in [0.29, 0.717) is 18.4 Å². The molecule has 0 heterocycles. The minimum absolute atomic E-state index is 0.172. The molecule has 1 aromatic rings. The van der Waals surface area contributed by atoms with Gasteiger partial charge < -0.3 is 9.84 Å². The van der Waals surface area contributed by atoms with Crippen molar-refractivity contribution >= 4 is 17.6 Å². The van der Waals surface area contributed by atoms with Crippen molar-refractivity contribution in [2.45, 2.75) is 46.5 Å². The third-order valence-electron chi connectivity index (χ3n) is 4.50. The lowest BCUT2D eigenvalue weighted by molar-refractivity contribution is -0.139. The van der Waals surface area contributed by atoms with Crippen molar-refractivity contribution in [2.24, 2.45) is 17.8 Å². The number of rotatable bonds is 7. The zero-order valence-electron chi connectivity index (χ0n) is 13.7. The van der Waals surface area contributed by atoms with E-state index in [9.17, 15) is 4.79 Å². The van der Waals surface area contributed by atoms with Crippen molar-refractivity contribution in [1.29, 1.82) is 0 Å². The molecule has 3 unspecified atom stereocenters. The summed E-state index contributed by atoms with van der Waals surface area (Å²) in [4.78, 5) is 11.1. The monoisotopic (exact) mass is 324 g/mol. The third-order valence-corrected chi connectivity index (χ3v) is 4.72. The Morgan fingerprint density at radius 1 is 1.41 bits per heavy atom. The molecule has 1 saturated carbocycles. The number of halogens is 1. The highest BCUT2D eigenvalue weighted by atomic mass is 35.5. The summed E-state index contributed by atoms with van der Waals surface area (Å²) in [5.41, 5.74) is 2.23. The van der Waals surface area contributed by atoms with Crippen molar-refractivity contribution in [1.82, 2.24) is 0 Å². The van der Waals surface area contributed by atoms with Crippen molar-refractivity contribution < 1.29 is 14.6 Å². The first-order chi connectivity index (χ1) is 10.3. The zero-order valence-corrected chi connectivity index (χ0v) is 14.5. The Kier molecular flexibility index (Phi) is 5.38. The highest BCUT2D eigenvalue weighted by molar-refractivity contribution is 6.30.